The van der Waals surface area contributed by atoms with Crippen LogP contribution in [0, 0.1) is 5.92 Å². The van der Waals surface area contributed by atoms with Crippen molar-refractivity contribution in [1.29, 1.82) is 0 Å². The smallest absolute Gasteiger partial charge is 0.330 e. The zero-order chi connectivity index (χ0) is 30.9. The maximum atomic E-state index is 13.2. The molecule has 0 radical (unpaired) electrons. The van der Waals surface area contributed by atoms with E-state index >= 15 is 0 Å². The van der Waals surface area contributed by atoms with Crippen LogP contribution in [0.2, 0.25) is 0 Å². The van der Waals surface area contributed by atoms with Gasteiger partial charge in [0.25, 0.3) is 11.5 Å². The third kappa shape index (κ3) is 12.3. The Morgan fingerprint density at radius 3 is 2.46 bits per heavy atom. The molecule has 7 N–H and O–H groups in total. The summed E-state index contributed by atoms with van der Waals surface area (Å²) in [7, 11) is 2.64. The third-order valence-corrected chi connectivity index (χ3v) is 6.43. The molecule has 1 rings (SSSR count). The Labute approximate surface area is 241 Å². The number of allylic oxidation sites excluding steroid dienone is 1. The number of rotatable bonds is 17. The molecule has 1 aromatic rings. The van der Waals surface area contributed by atoms with Gasteiger partial charge in [-0.3, -0.25) is 19.2 Å². The van der Waals surface area contributed by atoms with Gasteiger partial charge in [-0.1, -0.05) is 39.2 Å². The number of likely N-dealkylation sites (N-methyl/N-ethyl adjacent to an activating group) is 1. The Balaban J connectivity index is 3.01. The molecule has 0 aliphatic heterocycles. The van der Waals surface area contributed by atoms with Gasteiger partial charge >= 0.3 is 5.97 Å². The number of anilines is 1. The highest BCUT2D eigenvalue weighted by atomic mass is 16.5. The molecule has 13 heteroatoms. The van der Waals surface area contributed by atoms with Crippen LogP contribution in [-0.2, 0) is 30.5 Å². The number of nitrogens with one attached hydrogen (secondary N) is 3. The molecular weight excluding hydrogens is 530 g/mol. The molecule has 0 aliphatic carbocycles. The predicted octanol–water partition coefficient (Wildman–Crippen LogP) is 1.11. The van der Waals surface area contributed by atoms with E-state index in [0.717, 1.165) is 36.9 Å². The van der Waals surface area contributed by atoms with Gasteiger partial charge < -0.3 is 36.0 Å². The predicted molar refractivity (Wildman–Crippen MR) is 157 cm³/mol. The maximum absolute atomic E-state index is 13.2. The summed E-state index contributed by atoms with van der Waals surface area (Å²) in [6, 6.07) is 1.78. The summed E-state index contributed by atoms with van der Waals surface area (Å²) in [5, 5.41) is 9.02. The largest absolute Gasteiger partial charge is 0.466 e. The molecule has 41 heavy (non-hydrogen) atoms. The SMILES string of the molecule is CCCC(CC)CC(C)NC(=O)Cn1cccc(NC(=O)C(CC/C=C/C(=O)OC)NC(=O)/C(=C/N)N(C)N)c1=O. The molecule has 0 aliphatic rings. The van der Waals surface area contributed by atoms with E-state index in [1.807, 2.05) is 6.92 Å². The van der Waals surface area contributed by atoms with Crippen molar-refractivity contribution < 1.29 is 23.9 Å². The Hall–Kier alpha value is -4.13. The second-order valence-corrected chi connectivity index (χ2v) is 9.80. The fourth-order valence-electron chi connectivity index (χ4n) is 4.27. The molecule has 0 saturated carbocycles. The van der Waals surface area contributed by atoms with Gasteiger partial charge in [0, 0.05) is 31.6 Å². The monoisotopic (exact) mass is 575 g/mol. The molecule has 0 fully saturated rings. The maximum Gasteiger partial charge on any atom is 0.330 e. The molecule has 3 atom stereocenters. The number of hydrogen-bond acceptors (Lipinski definition) is 9. The molecule has 0 aromatic carbocycles. The van der Waals surface area contributed by atoms with Gasteiger partial charge in [-0.25, -0.2) is 10.6 Å². The van der Waals surface area contributed by atoms with E-state index in [2.05, 4.69) is 34.5 Å². The molecule has 0 spiro atoms. The highest BCUT2D eigenvalue weighted by molar-refractivity contribution is 6.00. The Morgan fingerprint density at radius 2 is 1.88 bits per heavy atom. The molecule has 1 aromatic heterocycles. The topological polar surface area (TPSA) is 191 Å². The minimum Gasteiger partial charge on any atom is -0.466 e. The van der Waals surface area contributed by atoms with E-state index < -0.39 is 29.4 Å². The van der Waals surface area contributed by atoms with Crippen LogP contribution in [0.3, 0.4) is 0 Å². The van der Waals surface area contributed by atoms with Crippen molar-refractivity contribution in [3.63, 3.8) is 0 Å². The fourth-order valence-corrected chi connectivity index (χ4v) is 4.27. The van der Waals surface area contributed by atoms with Gasteiger partial charge in [0.15, 0.2) is 0 Å². The summed E-state index contributed by atoms with van der Waals surface area (Å²) < 4.78 is 5.74. The number of carbonyl (C=O) groups is 4. The van der Waals surface area contributed by atoms with E-state index in [1.54, 1.807) is 0 Å². The Kier molecular flexibility index (Phi) is 15.5. The molecule has 1 heterocycles. The van der Waals surface area contributed by atoms with Gasteiger partial charge in [-0.2, -0.15) is 0 Å². The minimum absolute atomic E-state index is 0.0461. The van der Waals surface area contributed by atoms with Crippen molar-refractivity contribution in [3.05, 3.63) is 52.7 Å². The van der Waals surface area contributed by atoms with Crippen LogP contribution >= 0.6 is 0 Å². The summed E-state index contributed by atoms with van der Waals surface area (Å²) >= 11 is 0. The second kappa shape index (κ2) is 18.3. The number of pyridine rings is 1. The van der Waals surface area contributed by atoms with Gasteiger partial charge in [0.2, 0.25) is 11.8 Å². The first-order valence-corrected chi connectivity index (χ1v) is 13.7. The number of esters is 1. The molecule has 0 saturated heterocycles. The van der Waals surface area contributed by atoms with Crippen molar-refractivity contribution in [3.8, 4) is 0 Å². The van der Waals surface area contributed by atoms with Gasteiger partial charge in [0.1, 0.15) is 24.0 Å². The van der Waals surface area contributed by atoms with E-state index in [1.165, 1.54) is 49.2 Å². The average molecular weight is 576 g/mol. The lowest BCUT2D eigenvalue weighted by atomic mass is 9.93. The number of hydrazine groups is 1. The number of carbonyl (C=O) groups excluding carboxylic acids is 4. The zero-order valence-electron chi connectivity index (χ0n) is 24.6. The van der Waals surface area contributed by atoms with E-state index in [0.29, 0.717) is 5.92 Å². The van der Waals surface area contributed by atoms with Crippen LogP contribution in [0.15, 0.2) is 47.2 Å². The lowest BCUT2D eigenvalue weighted by molar-refractivity contribution is -0.134. The molecule has 13 nitrogen and oxygen atoms in total. The molecular formula is C28H45N7O6. The minimum atomic E-state index is -1.12. The quantitative estimate of drug-likeness (QED) is 0.0783. The highest BCUT2D eigenvalue weighted by Crippen LogP contribution is 2.17. The first-order chi connectivity index (χ1) is 19.5. The normalized spacial score (nSPS) is 13.7. The van der Waals surface area contributed by atoms with Crippen molar-refractivity contribution in [2.45, 2.75) is 77.9 Å². The first-order valence-electron chi connectivity index (χ1n) is 13.7. The van der Waals surface area contributed by atoms with Crippen molar-refractivity contribution in [1.82, 2.24) is 20.2 Å². The van der Waals surface area contributed by atoms with Crippen LogP contribution in [-0.4, -0.2) is 59.5 Å². The first kappa shape index (κ1) is 34.9. The zero-order valence-corrected chi connectivity index (χ0v) is 24.6. The highest BCUT2D eigenvalue weighted by Gasteiger charge is 2.24. The van der Waals surface area contributed by atoms with E-state index in [9.17, 15) is 24.0 Å². The van der Waals surface area contributed by atoms with E-state index in [4.69, 9.17) is 11.6 Å². The molecule has 3 amide bonds. The summed E-state index contributed by atoms with van der Waals surface area (Å²) in [6.45, 7) is 5.99. The number of ether oxygens (including phenoxy) is 1. The molecule has 228 valence electrons. The van der Waals surface area contributed by atoms with Gasteiger partial charge in [-0.15, -0.1) is 0 Å². The van der Waals surface area contributed by atoms with Crippen molar-refractivity contribution >= 4 is 29.4 Å². The number of amides is 3. The number of methoxy groups -OCH3 is 1. The van der Waals surface area contributed by atoms with Crippen LogP contribution in [0.4, 0.5) is 5.69 Å². The summed E-state index contributed by atoms with van der Waals surface area (Å²) in [5.74, 6) is 3.86. The van der Waals surface area contributed by atoms with Gasteiger partial charge in [-0.05, 0) is 44.2 Å². The second-order valence-electron chi connectivity index (χ2n) is 9.80. The number of nitrogens with two attached hydrogens (primary N) is 2. The fraction of sp³-hybridized carbons (Fsp3) is 0.536. The summed E-state index contributed by atoms with van der Waals surface area (Å²) in [6.07, 6.45) is 9.50. The Bertz CT molecular complexity index is 1140. The van der Waals surface area contributed by atoms with Gasteiger partial charge in [0.05, 0.1) is 7.11 Å². The summed E-state index contributed by atoms with van der Waals surface area (Å²) in [4.78, 5) is 62.9. The van der Waals surface area contributed by atoms with Crippen LogP contribution in [0.25, 0.3) is 0 Å². The average Bonchev–Trinajstić information content (AvgIpc) is 2.92. The van der Waals surface area contributed by atoms with Crippen molar-refractivity contribution in [2.24, 2.45) is 17.5 Å². The number of hydrogen-bond donors (Lipinski definition) is 5. The van der Waals surface area contributed by atoms with E-state index in [-0.39, 0.29) is 42.7 Å². The summed E-state index contributed by atoms with van der Waals surface area (Å²) in [5.41, 5.74) is 4.75. The lowest BCUT2D eigenvalue weighted by Gasteiger charge is -2.21. The molecule has 3 unspecified atom stereocenters. The lowest BCUT2D eigenvalue weighted by Crippen LogP contribution is -2.47. The number of aromatic nitrogens is 1. The third-order valence-electron chi connectivity index (χ3n) is 6.43. The Morgan fingerprint density at radius 1 is 1.17 bits per heavy atom. The number of nitrogens with zero attached hydrogens (tertiary/aromatic N) is 2. The van der Waals surface area contributed by atoms with Crippen LogP contribution in [0.1, 0.15) is 59.3 Å². The van der Waals surface area contributed by atoms with Crippen molar-refractivity contribution in [2.75, 3.05) is 19.5 Å². The standard InChI is InChI=1S/C28H45N7O6/c1-6-11-20(7-2)16-19(3)31-24(36)18-35-15-10-13-22(28(35)40)33-26(38)21(12-8-9-14-25(37)41-5)32-27(39)23(17-29)34(4)30/h9-10,13-15,17,19-21H,6-8,11-12,16,18,29-30H2,1-5H3,(H,31,36)(H,32,39)(H,33,38)/b14-9+,23-17-. The van der Waals surface area contributed by atoms with Crippen LogP contribution < -0.4 is 33.1 Å². The van der Waals surface area contributed by atoms with Crippen LogP contribution in [0.5, 0.6) is 0 Å². The molecule has 0 bridgehead atoms.